The molecule has 0 bridgehead atoms. The summed E-state index contributed by atoms with van der Waals surface area (Å²) in [6.07, 6.45) is 4.00. The molecule has 0 aromatic carbocycles. The van der Waals surface area contributed by atoms with E-state index in [9.17, 15) is 9.59 Å². The average molecular weight is 128 g/mol. The predicted molar refractivity (Wildman–Crippen MR) is 32.1 cm³/mol. The molecule has 0 unspecified atom stereocenters. The molecule has 3 nitrogen and oxygen atoms in total. The number of rotatable bonds is 4. The normalized spacial score (nSPS) is 9.78. The molecule has 0 fully saturated rings. The average Bonchev–Trinajstić information content (AvgIpc) is 1.80. The van der Waals surface area contributed by atoms with Gasteiger partial charge in [0, 0.05) is 6.42 Å². The summed E-state index contributed by atoms with van der Waals surface area (Å²) in [5, 5.41) is 8.07. The number of hydrogen-bond donors (Lipinski definition) is 1. The first kappa shape index (κ1) is 7.88. The van der Waals surface area contributed by atoms with Gasteiger partial charge >= 0.3 is 5.97 Å². The second-order valence-corrected chi connectivity index (χ2v) is 1.47. The SMILES string of the molecule is O=CC/C=C/CC(=O)O. The van der Waals surface area contributed by atoms with Crippen LogP contribution in [0.15, 0.2) is 12.2 Å². The van der Waals surface area contributed by atoms with Crippen molar-refractivity contribution in [3.05, 3.63) is 12.2 Å². The van der Waals surface area contributed by atoms with Crippen LogP contribution in [0, 0.1) is 0 Å². The summed E-state index contributed by atoms with van der Waals surface area (Å²) in [6.45, 7) is 0. The number of allylic oxidation sites excluding steroid dienone is 1. The number of aliphatic carboxylic acids is 1. The second kappa shape index (κ2) is 5.03. The zero-order valence-electron chi connectivity index (χ0n) is 4.91. The molecule has 0 aromatic heterocycles. The summed E-state index contributed by atoms with van der Waals surface area (Å²) in [5.74, 6) is -0.878. The van der Waals surface area contributed by atoms with Gasteiger partial charge in [0.2, 0.25) is 0 Å². The van der Waals surface area contributed by atoms with Crippen LogP contribution in [0.4, 0.5) is 0 Å². The molecule has 0 aliphatic rings. The largest absolute Gasteiger partial charge is 0.481 e. The molecule has 0 spiro atoms. The first-order chi connectivity index (χ1) is 4.27. The van der Waals surface area contributed by atoms with E-state index in [2.05, 4.69) is 0 Å². The number of carbonyl (C=O) groups is 2. The Morgan fingerprint density at radius 3 is 2.56 bits per heavy atom. The van der Waals surface area contributed by atoms with Crippen LogP contribution in [-0.4, -0.2) is 17.4 Å². The lowest BCUT2D eigenvalue weighted by Crippen LogP contribution is -1.89. The molecule has 0 aliphatic heterocycles. The Bertz CT molecular complexity index is 126. The van der Waals surface area contributed by atoms with Crippen molar-refractivity contribution >= 4 is 12.3 Å². The molecule has 0 saturated carbocycles. The monoisotopic (exact) mass is 128 g/mol. The molecule has 3 heteroatoms. The van der Waals surface area contributed by atoms with Gasteiger partial charge < -0.3 is 9.90 Å². The highest BCUT2D eigenvalue weighted by atomic mass is 16.4. The van der Waals surface area contributed by atoms with Crippen LogP contribution in [0.1, 0.15) is 12.8 Å². The fraction of sp³-hybridized carbons (Fsp3) is 0.333. The minimum Gasteiger partial charge on any atom is -0.481 e. The first-order valence-corrected chi connectivity index (χ1v) is 2.58. The number of hydrogen-bond acceptors (Lipinski definition) is 2. The quantitative estimate of drug-likeness (QED) is 0.445. The Balaban J connectivity index is 3.24. The van der Waals surface area contributed by atoms with E-state index in [4.69, 9.17) is 5.11 Å². The van der Waals surface area contributed by atoms with Gasteiger partial charge in [-0.3, -0.25) is 4.79 Å². The third-order valence-electron chi connectivity index (χ3n) is 0.691. The van der Waals surface area contributed by atoms with E-state index < -0.39 is 5.97 Å². The molecule has 0 atom stereocenters. The lowest BCUT2D eigenvalue weighted by Gasteiger charge is -1.79. The van der Waals surface area contributed by atoms with Gasteiger partial charge in [-0.05, 0) is 0 Å². The lowest BCUT2D eigenvalue weighted by atomic mass is 10.3. The van der Waals surface area contributed by atoms with E-state index in [-0.39, 0.29) is 6.42 Å². The molecular weight excluding hydrogens is 120 g/mol. The first-order valence-electron chi connectivity index (χ1n) is 2.58. The van der Waals surface area contributed by atoms with E-state index in [0.29, 0.717) is 6.42 Å². The Hall–Kier alpha value is -1.12. The zero-order valence-corrected chi connectivity index (χ0v) is 4.91. The van der Waals surface area contributed by atoms with Crippen molar-refractivity contribution in [3.8, 4) is 0 Å². The predicted octanol–water partition coefficient (Wildman–Crippen LogP) is 0.606. The topological polar surface area (TPSA) is 54.4 Å². The van der Waals surface area contributed by atoms with Gasteiger partial charge in [-0.2, -0.15) is 0 Å². The Labute approximate surface area is 53.0 Å². The van der Waals surface area contributed by atoms with E-state index in [1.807, 2.05) is 0 Å². The van der Waals surface area contributed by atoms with E-state index in [0.717, 1.165) is 6.29 Å². The van der Waals surface area contributed by atoms with Crippen LogP contribution in [0.3, 0.4) is 0 Å². The Kier molecular flexibility index (Phi) is 4.40. The van der Waals surface area contributed by atoms with Crippen molar-refractivity contribution in [2.75, 3.05) is 0 Å². The number of carbonyl (C=O) groups excluding carboxylic acids is 1. The van der Waals surface area contributed by atoms with Crippen LogP contribution in [0.5, 0.6) is 0 Å². The second-order valence-electron chi connectivity index (χ2n) is 1.47. The maximum absolute atomic E-state index is 9.82. The van der Waals surface area contributed by atoms with E-state index >= 15 is 0 Å². The summed E-state index contributed by atoms with van der Waals surface area (Å²) in [7, 11) is 0. The molecule has 9 heavy (non-hydrogen) atoms. The summed E-state index contributed by atoms with van der Waals surface area (Å²) in [6, 6.07) is 0. The van der Waals surface area contributed by atoms with Crippen LogP contribution >= 0.6 is 0 Å². The fourth-order valence-corrected chi connectivity index (χ4v) is 0.336. The lowest BCUT2D eigenvalue weighted by molar-refractivity contribution is -0.136. The molecule has 0 saturated heterocycles. The van der Waals surface area contributed by atoms with Gasteiger partial charge in [-0.25, -0.2) is 0 Å². The van der Waals surface area contributed by atoms with Crippen molar-refractivity contribution in [1.29, 1.82) is 0 Å². The fourth-order valence-electron chi connectivity index (χ4n) is 0.336. The molecule has 0 radical (unpaired) electrons. The van der Waals surface area contributed by atoms with Gasteiger partial charge in [-0.1, -0.05) is 12.2 Å². The number of aldehydes is 1. The van der Waals surface area contributed by atoms with Crippen molar-refractivity contribution in [1.82, 2.24) is 0 Å². The summed E-state index contributed by atoms with van der Waals surface area (Å²) >= 11 is 0. The molecular formula is C6H8O3. The summed E-state index contributed by atoms with van der Waals surface area (Å²) in [4.78, 5) is 19.5. The maximum atomic E-state index is 9.82. The maximum Gasteiger partial charge on any atom is 0.307 e. The number of carboxylic acid groups (broad SMARTS) is 1. The zero-order chi connectivity index (χ0) is 7.11. The van der Waals surface area contributed by atoms with Gasteiger partial charge in [-0.15, -0.1) is 0 Å². The molecule has 0 rings (SSSR count). The highest BCUT2D eigenvalue weighted by molar-refractivity contribution is 5.68. The summed E-state index contributed by atoms with van der Waals surface area (Å²) in [5.41, 5.74) is 0. The smallest absolute Gasteiger partial charge is 0.307 e. The highest BCUT2D eigenvalue weighted by Crippen LogP contribution is 1.83. The molecule has 0 aromatic rings. The van der Waals surface area contributed by atoms with Gasteiger partial charge in [0.05, 0.1) is 6.42 Å². The van der Waals surface area contributed by atoms with Crippen molar-refractivity contribution in [2.24, 2.45) is 0 Å². The van der Waals surface area contributed by atoms with Crippen LogP contribution in [-0.2, 0) is 9.59 Å². The van der Waals surface area contributed by atoms with E-state index in [1.54, 1.807) is 0 Å². The van der Waals surface area contributed by atoms with E-state index in [1.165, 1.54) is 12.2 Å². The molecule has 0 amide bonds. The van der Waals surface area contributed by atoms with Gasteiger partial charge in [0.1, 0.15) is 6.29 Å². The molecule has 1 N–H and O–H groups in total. The number of carboxylic acids is 1. The highest BCUT2D eigenvalue weighted by Gasteiger charge is 1.86. The minimum atomic E-state index is -0.878. The minimum absolute atomic E-state index is 0.00611. The Morgan fingerprint density at radius 1 is 1.44 bits per heavy atom. The summed E-state index contributed by atoms with van der Waals surface area (Å²) < 4.78 is 0. The standard InChI is InChI=1S/C6H8O3/c7-5-3-1-2-4-6(8)9/h1-2,5H,3-4H2,(H,8,9)/b2-1+. The van der Waals surface area contributed by atoms with Crippen molar-refractivity contribution < 1.29 is 14.7 Å². The third kappa shape index (κ3) is 6.88. The van der Waals surface area contributed by atoms with Crippen LogP contribution in [0.25, 0.3) is 0 Å². The van der Waals surface area contributed by atoms with Crippen molar-refractivity contribution in [2.45, 2.75) is 12.8 Å². The molecule has 0 aliphatic carbocycles. The van der Waals surface area contributed by atoms with Gasteiger partial charge in [0.15, 0.2) is 0 Å². The Morgan fingerprint density at radius 2 is 2.11 bits per heavy atom. The third-order valence-corrected chi connectivity index (χ3v) is 0.691. The van der Waals surface area contributed by atoms with Crippen LogP contribution in [0.2, 0.25) is 0 Å². The molecule has 50 valence electrons. The molecule has 0 heterocycles. The van der Waals surface area contributed by atoms with Crippen LogP contribution < -0.4 is 0 Å². The van der Waals surface area contributed by atoms with Crippen molar-refractivity contribution in [3.63, 3.8) is 0 Å². The van der Waals surface area contributed by atoms with Gasteiger partial charge in [0.25, 0.3) is 0 Å².